The molecule has 6 heteroatoms. The molecule has 2 atom stereocenters. The number of hydrogen-bond acceptors (Lipinski definition) is 6. The monoisotopic (exact) mass is 319 g/mol. The number of piperidine rings is 2. The van der Waals surface area contributed by atoms with Gasteiger partial charge in [0.15, 0.2) is 0 Å². The van der Waals surface area contributed by atoms with E-state index < -0.39 is 0 Å². The van der Waals surface area contributed by atoms with Crippen LogP contribution in [0.5, 0.6) is 0 Å². The van der Waals surface area contributed by atoms with Gasteiger partial charge in [0.2, 0.25) is 5.95 Å². The first-order valence-electron chi connectivity index (χ1n) is 8.54. The van der Waals surface area contributed by atoms with E-state index in [9.17, 15) is 5.11 Å². The molecular weight excluding hydrogens is 290 g/mol. The molecule has 0 amide bonds. The topological polar surface area (TPSA) is 55.7 Å². The van der Waals surface area contributed by atoms with Gasteiger partial charge < -0.3 is 19.8 Å². The smallest absolute Gasteiger partial charge is 0.227 e. The zero-order valence-electron chi connectivity index (χ0n) is 14.8. The third kappa shape index (κ3) is 2.90. The minimum Gasteiger partial charge on any atom is -0.396 e. The molecule has 0 saturated carbocycles. The van der Waals surface area contributed by atoms with Crippen molar-refractivity contribution in [3.63, 3.8) is 0 Å². The summed E-state index contributed by atoms with van der Waals surface area (Å²) in [6.07, 6.45) is 5.23. The first kappa shape index (κ1) is 16.5. The number of hydrogen-bond donors (Lipinski definition) is 1. The minimum atomic E-state index is 0.0541. The fourth-order valence-electron chi connectivity index (χ4n) is 4.23. The number of aryl methyl sites for hydroxylation is 1. The number of likely N-dealkylation sites (N-methyl/N-ethyl adjacent to an activating group) is 1. The van der Waals surface area contributed by atoms with E-state index in [4.69, 9.17) is 4.98 Å². The van der Waals surface area contributed by atoms with Crippen LogP contribution in [0.3, 0.4) is 0 Å². The molecule has 6 nitrogen and oxygen atoms in total. The summed E-state index contributed by atoms with van der Waals surface area (Å²) in [6, 6.07) is 0.378. The molecule has 0 radical (unpaired) electrons. The van der Waals surface area contributed by atoms with Crippen molar-refractivity contribution in [2.45, 2.75) is 32.2 Å². The van der Waals surface area contributed by atoms with Crippen LogP contribution in [0, 0.1) is 12.3 Å². The summed E-state index contributed by atoms with van der Waals surface area (Å²) in [7, 11) is 6.21. The van der Waals surface area contributed by atoms with Gasteiger partial charge in [-0.3, -0.25) is 0 Å². The van der Waals surface area contributed by atoms with Crippen LogP contribution in [0.4, 0.5) is 11.8 Å². The quantitative estimate of drug-likeness (QED) is 0.901. The normalized spacial score (nSPS) is 28.6. The Balaban J connectivity index is 1.85. The summed E-state index contributed by atoms with van der Waals surface area (Å²) >= 11 is 0. The summed E-state index contributed by atoms with van der Waals surface area (Å²) in [5.41, 5.74) is 1.15. The average Bonchev–Trinajstić information content (AvgIpc) is 2.55. The van der Waals surface area contributed by atoms with Gasteiger partial charge in [0.1, 0.15) is 5.82 Å². The fourth-order valence-corrected chi connectivity index (χ4v) is 4.23. The lowest BCUT2D eigenvalue weighted by Crippen LogP contribution is -2.61. The molecule has 2 saturated heterocycles. The van der Waals surface area contributed by atoms with Gasteiger partial charge in [-0.15, -0.1) is 0 Å². The number of rotatable bonds is 3. The number of nitrogens with zero attached hydrogens (tertiary/aromatic N) is 5. The zero-order chi connectivity index (χ0) is 16.6. The van der Waals surface area contributed by atoms with Gasteiger partial charge in [0.05, 0.1) is 6.61 Å². The Morgan fingerprint density at radius 3 is 2.83 bits per heavy atom. The first-order chi connectivity index (χ1) is 11.0. The molecule has 0 aliphatic carbocycles. The molecule has 1 aromatic heterocycles. The van der Waals surface area contributed by atoms with Crippen LogP contribution in [-0.4, -0.2) is 73.4 Å². The predicted octanol–water partition coefficient (Wildman–Crippen LogP) is 1.13. The first-order valence-corrected chi connectivity index (χ1v) is 8.54. The van der Waals surface area contributed by atoms with E-state index in [2.05, 4.69) is 21.8 Å². The van der Waals surface area contributed by atoms with E-state index in [0.29, 0.717) is 6.04 Å². The lowest BCUT2D eigenvalue weighted by molar-refractivity contribution is -0.0278. The van der Waals surface area contributed by atoms with E-state index in [1.807, 2.05) is 32.1 Å². The standard InChI is InChI=1S/C17H29N5O/c1-13-10-18-16(19-15(13)20(2)3)22-9-7-17(12-23)6-5-8-21(4)14(17)11-22/h10,14,23H,5-9,11-12H2,1-4H3/t14-,17-/m1/s1. The second kappa shape index (κ2) is 6.24. The van der Waals surface area contributed by atoms with Crippen LogP contribution in [0.25, 0.3) is 0 Å². The fraction of sp³-hybridized carbons (Fsp3) is 0.765. The van der Waals surface area contributed by atoms with Crippen molar-refractivity contribution in [1.82, 2.24) is 14.9 Å². The van der Waals surface area contributed by atoms with Gasteiger partial charge in [0, 0.05) is 50.4 Å². The van der Waals surface area contributed by atoms with Gasteiger partial charge in [-0.2, -0.15) is 4.98 Å². The maximum atomic E-state index is 10.0. The van der Waals surface area contributed by atoms with Crippen LogP contribution in [0.1, 0.15) is 24.8 Å². The minimum absolute atomic E-state index is 0.0541. The Kier molecular flexibility index (Phi) is 4.47. The molecule has 23 heavy (non-hydrogen) atoms. The number of fused-ring (bicyclic) bond motifs is 1. The molecule has 128 valence electrons. The van der Waals surface area contributed by atoms with Gasteiger partial charge in [-0.05, 0) is 39.8 Å². The van der Waals surface area contributed by atoms with Crippen LogP contribution < -0.4 is 9.80 Å². The molecule has 0 bridgehead atoms. The lowest BCUT2D eigenvalue weighted by Gasteiger charge is -2.53. The van der Waals surface area contributed by atoms with Crippen molar-refractivity contribution in [1.29, 1.82) is 0 Å². The molecule has 1 aromatic rings. The zero-order valence-corrected chi connectivity index (χ0v) is 14.8. The molecule has 0 unspecified atom stereocenters. The summed E-state index contributed by atoms with van der Waals surface area (Å²) in [5.74, 6) is 1.79. The summed E-state index contributed by atoms with van der Waals surface area (Å²) in [4.78, 5) is 16.1. The van der Waals surface area contributed by atoms with Crippen molar-refractivity contribution in [3.05, 3.63) is 11.8 Å². The highest BCUT2D eigenvalue weighted by Crippen LogP contribution is 2.42. The maximum absolute atomic E-state index is 10.0. The van der Waals surface area contributed by atoms with Gasteiger partial charge in [-0.25, -0.2) is 4.98 Å². The lowest BCUT2D eigenvalue weighted by atomic mass is 9.69. The second-order valence-corrected chi connectivity index (χ2v) is 7.39. The number of aliphatic hydroxyl groups is 1. The van der Waals surface area contributed by atoms with Gasteiger partial charge >= 0.3 is 0 Å². The van der Waals surface area contributed by atoms with Crippen molar-refractivity contribution in [2.24, 2.45) is 5.41 Å². The molecule has 2 aliphatic heterocycles. The van der Waals surface area contributed by atoms with E-state index in [1.54, 1.807) is 0 Å². The molecular formula is C17H29N5O. The average molecular weight is 319 g/mol. The largest absolute Gasteiger partial charge is 0.396 e. The van der Waals surface area contributed by atoms with Crippen molar-refractivity contribution in [2.75, 3.05) is 57.2 Å². The van der Waals surface area contributed by atoms with E-state index in [0.717, 1.165) is 49.8 Å². The highest BCUT2D eigenvalue weighted by molar-refractivity contribution is 5.48. The Labute approximate surface area is 139 Å². The number of anilines is 2. The Bertz CT molecular complexity index is 564. The highest BCUT2D eigenvalue weighted by Gasteiger charge is 2.46. The third-order valence-electron chi connectivity index (χ3n) is 5.65. The number of aliphatic hydroxyl groups excluding tert-OH is 1. The summed E-state index contributed by atoms with van der Waals surface area (Å²) in [5, 5.41) is 10.0. The molecule has 2 aliphatic rings. The Hall–Kier alpha value is -1.40. The van der Waals surface area contributed by atoms with Crippen LogP contribution in [0.2, 0.25) is 0 Å². The van der Waals surface area contributed by atoms with Crippen molar-refractivity contribution >= 4 is 11.8 Å². The summed E-state index contributed by atoms with van der Waals surface area (Å²) in [6.45, 7) is 5.25. The van der Waals surface area contributed by atoms with Crippen LogP contribution >= 0.6 is 0 Å². The Morgan fingerprint density at radius 1 is 1.35 bits per heavy atom. The highest BCUT2D eigenvalue weighted by atomic mass is 16.3. The molecule has 2 fully saturated rings. The van der Waals surface area contributed by atoms with Gasteiger partial charge in [0.25, 0.3) is 0 Å². The second-order valence-electron chi connectivity index (χ2n) is 7.39. The molecule has 3 rings (SSSR count). The predicted molar refractivity (Wildman–Crippen MR) is 93.1 cm³/mol. The van der Waals surface area contributed by atoms with Crippen LogP contribution in [0.15, 0.2) is 6.20 Å². The third-order valence-corrected chi connectivity index (χ3v) is 5.65. The molecule has 0 aromatic carbocycles. The Morgan fingerprint density at radius 2 is 2.13 bits per heavy atom. The maximum Gasteiger partial charge on any atom is 0.227 e. The molecule has 1 N–H and O–H groups in total. The van der Waals surface area contributed by atoms with Crippen molar-refractivity contribution < 1.29 is 5.11 Å². The van der Waals surface area contributed by atoms with E-state index in [-0.39, 0.29) is 12.0 Å². The van der Waals surface area contributed by atoms with E-state index in [1.165, 1.54) is 6.42 Å². The number of aromatic nitrogens is 2. The molecule has 0 spiro atoms. The van der Waals surface area contributed by atoms with Crippen LogP contribution in [-0.2, 0) is 0 Å². The van der Waals surface area contributed by atoms with E-state index >= 15 is 0 Å². The summed E-state index contributed by atoms with van der Waals surface area (Å²) < 4.78 is 0. The van der Waals surface area contributed by atoms with Gasteiger partial charge in [-0.1, -0.05) is 0 Å². The number of likely N-dealkylation sites (tertiary alicyclic amines) is 1. The SMILES string of the molecule is Cc1cnc(N2CC[C@@]3(CO)CCCN(C)[C@@H]3C2)nc1N(C)C. The molecule has 3 heterocycles. The van der Waals surface area contributed by atoms with Crippen molar-refractivity contribution in [3.8, 4) is 0 Å².